The second kappa shape index (κ2) is 6.96. The fourth-order valence-corrected chi connectivity index (χ4v) is 2.50. The lowest BCUT2D eigenvalue weighted by molar-refractivity contribution is 0.437. The standard InChI is InChI=1S/C15H23Cl/c1-4-6-7-13(5-2)15(16)14-10-8-12(3)9-11-14/h8-11,13,15H,4-7H2,1-3H3. The van der Waals surface area contributed by atoms with Gasteiger partial charge in [0.05, 0.1) is 5.38 Å². The number of aryl methyl sites for hydroxylation is 1. The second-order valence-electron chi connectivity index (χ2n) is 4.62. The van der Waals surface area contributed by atoms with E-state index in [0.29, 0.717) is 5.92 Å². The fraction of sp³-hybridized carbons (Fsp3) is 0.600. The third-order valence-electron chi connectivity index (χ3n) is 3.26. The van der Waals surface area contributed by atoms with Crippen LogP contribution in [-0.2, 0) is 0 Å². The third-order valence-corrected chi connectivity index (χ3v) is 3.87. The van der Waals surface area contributed by atoms with Gasteiger partial charge in [0, 0.05) is 0 Å². The highest BCUT2D eigenvalue weighted by Crippen LogP contribution is 2.34. The molecule has 1 rings (SSSR count). The zero-order valence-corrected chi connectivity index (χ0v) is 11.4. The first-order chi connectivity index (χ1) is 7.69. The van der Waals surface area contributed by atoms with Crippen LogP contribution in [0.3, 0.4) is 0 Å². The van der Waals surface area contributed by atoms with Gasteiger partial charge in [-0.05, 0) is 24.8 Å². The predicted octanol–water partition coefficient (Wildman–Crippen LogP) is 5.49. The van der Waals surface area contributed by atoms with E-state index in [0.717, 1.165) is 0 Å². The molecule has 0 fully saturated rings. The van der Waals surface area contributed by atoms with Crippen molar-refractivity contribution in [1.29, 1.82) is 0 Å². The Balaban J connectivity index is 2.66. The monoisotopic (exact) mass is 238 g/mol. The minimum atomic E-state index is 0.178. The Morgan fingerprint density at radius 3 is 2.25 bits per heavy atom. The average Bonchev–Trinajstić information content (AvgIpc) is 2.30. The van der Waals surface area contributed by atoms with E-state index in [-0.39, 0.29) is 5.38 Å². The van der Waals surface area contributed by atoms with E-state index in [1.807, 2.05) is 0 Å². The summed E-state index contributed by atoms with van der Waals surface area (Å²) >= 11 is 6.56. The zero-order chi connectivity index (χ0) is 12.0. The molecule has 0 saturated carbocycles. The Kier molecular flexibility index (Phi) is 5.90. The number of alkyl halides is 1. The van der Waals surface area contributed by atoms with Gasteiger partial charge in [0.15, 0.2) is 0 Å². The van der Waals surface area contributed by atoms with Gasteiger partial charge in [0.1, 0.15) is 0 Å². The lowest BCUT2D eigenvalue weighted by atomic mass is 9.91. The van der Waals surface area contributed by atoms with E-state index in [4.69, 9.17) is 11.6 Å². The molecule has 0 aliphatic heterocycles. The summed E-state index contributed by atoms with van der Waals surface area (Å²) in [6, 6.07) is 8.64. The maximum Gasteiger partial charge on any atom is 0.0613 e. The molecule has 16 heavy (non-hydrogen) atoms. The lowest BCUT2D eigenvalue weighted by Gasteiger charge is -2.21. The van der Waals surface area contributed by atoms with Gasteiger partial charge in [0.25, 0.3) is 0 Å². The van der Waals surface area contributed by atoms with Gasteiger partial charge in [-0.3, -0.25) is 0 Å². The van der Waals surface area contributed by atoms with Gasteiger partial charge in [-0.2, -0.15) is 0 Å². The van der Waals surface area contributed by atoms with Gasteiger partial charge in [-0.15, -0.1) is 11.6 Å². The van der Waals surface area contributed by atoms with E-state index in [1.54, 1.807) is 0 Å². The first-order valence-corrected chi connectivity index (χ1v) is 6.83. The van der Waals surface area contributed by atoms with Crippen molar-refractivity contribution in [3.8, 4) is 0 Å². The van der Waals surface area contributed by atoms with E-state index in [9.17, 15) is 0 Å². The van der Waals surface area contributed by atoms with Gasteiger partial charge in [-0.1, -0.05) is 62.9 Å². The number of unbranched alkanes of at least 4 members (excludes halogenated alkanes) is 1. The van der Waals surface area contributed by atoms with Crippen LogP contribution in [0.2, 0.25) is 0 Å². The predicted molar refractivity (Wildman–Crippen MR) is 73.1 cm³/mol. The summed E-state index contributed by atoms with van der Waals surface area (Å²) < 4.78 is 0. The molecular weight excluding hydrogens is 216 g/mol. The van der Waals surface area contributed by atoms with Crippen LogP contribution < -0.4 is 0 Å². The van der Waals surface area contributed by atoms with Crippen LogP contribution in [0.1, 0.15) is 56.0 Å². The second-order valence-corrected chi connectivity index (χ2v) is 5.09. The molecule has 0 spiro atoms. The highest BCUT2D eigenvalue weighted by atomic mass is 35.5. The summed E-state index contributed by atoms with van der Waals surface area (Å²) in [5.41, 5.74) is 2.57. The Bertz CT molecular complexity index is 289. The van der Waals surface area contributed by atoms with Crippen molar-refractivity contribution in [3.63, 3.8) is 0 Å². The van der Waals surface area contributed by atoms with Crippen molar-refractivity contribution in [1.82, 2.24) is 0 Å². The molecule has 0 radical (unpaired) electrons. The lowest BCUT2D eigenvalue weighted by Crippen LogP contribution is -2.07. The van der Waals surface area contributed by atoms with Crippen molar-refractivity contribution < 1.29 is 0 Å². The van der Waals surface area contributed by atoms with Crippen LogP contribution in [0.25, 0.3) is 0 Å². The normalized spacial score (nSPS) is 14.8. The molecule has 2 atom stereocenters. The maximum atomic E-state index is 6.56. The quantitative estimate of drug-likeness (QED) is 0.575. The highest BCUT2D eigenvalue weighted by molar-refractivity contribution is 6.21. The SMILES string of the molecule is CCCCC(CC)C(Cl)c1ccc(C)cc1. The number of rotatable bonds is 6. The summed E-state index contributed by atoms with van der Waals surface area (Å²) in [5.74, 6) is 0.615. The molecule has 0 N–H and O–H groups in total. The van der Waals surface area contributed by atoms with Crippen LogP contribution in [0.15, 0.2) is 24.3 Å². The molecule has 1 aromatic carbocycles. The summed E-state index contributed by atoms with van der Waals surface area (Å²) in [6.45, 7) is 6.59. The van der Waals surface area contributed by atoms with E-state index in [1.165, 1.54) is 36.8 Å². The Labute approximate surface area is 105 Å². The molecule has 0 bridgehead atoms. The molecule has 1 aromatic rings. The number of hydrogen-bond donors (Lipinski definition) is 0. The molecule has 0 aliphatic rings. The van der Waals surface area contributed by atoms with Crippen molar-refractivity contribution in [2.45, 2.75) is 51.8 Å². The first kappa shape index (κ1) is 13.6. The number of halogens is 1. The molecule has 0 saturated heterocycles. The molecule has 0 nitrogen and oxygen atoms in total. The fourth-order valence-electron chi connectivity index (χ4n) is 2.05. The van der Waals surface area contributed by atoms with Gasteiger partial charge in [-0.25, -0.2) is 0 Å². The van der Waals surface area contributed by atoms with Gasteiger partial charge < -0.3 is 0 Å². The van der Waals surface area contributed by atoms with Crippen molar-refractivity contribution >= 4 is 11.6 Å². The Morgan fingerprint density at radius 2 is 1.75 bits per heavy atom. The largest absolute Gasteiger partial charge is 0.118 e. The Hall–Kier alpha value is -0.490. The summed E-state index contributed by atoms with van der Waals surface area (Å²) in [6.07, 6.45) is 4.96. The van der Waals surface area contributed by atoms with Crippen LogP contribution in [-0.4, -0.2) is 0 Å². The van der Waals surface area contributed by atoms with Crippen molar-refractivity contribution in [2.75, 3.05) is 0 Å². The van der Waals surface area contributed by atoms with E-state index in [2.05, 4.69) is 45.0 Å². The molecule has 90 valence electrons. The van der Waals surface area contributed by atoms with Crippen LogP contribution in [0.5, 0.6) is 0 Å². The van der Waals surface area contributed by atoms with E-state index >= 15 is 0 Å². The number of hydrogen-bond acceptors (Lipinski definition) is 0. The smallest absolute Gasteiger partial charge is 0.0613 e. The molecule has 0 heterocycles. The molecular formula is C15H23Cl. The summed E-state index contributed by atoms with van der Waals surface area (Å²) in [4.78, 5) is 0. The Morgan fingerprint density at radius 1 is 1.12 bits per heavy atom. The van der Waals surface area contributed by atoms with Gasteiger partial charge in [0.2, 0.25) is 0 Å². The number of benzene rings is 1. The topological polar surface area (TPSA) is 0 Å². The minimum absolute atomic E-state index is 0.178. The first-order valence-electron chi connectivity index (χ1n) is 6.39. The maximum absolute atomic E-state index is 6.56. The molecule has 0 aromatic heterocycles. The van der Waals surface area contributed by atoms with Crippen LogP contribution >= 0.6 is 11.6 Å². The molecule has 0 amide bonds. The van der Waals surface area contributed by atoms with E-state index < -0.39 is 0 Å². The van der Waals surface area contributed by atoms with Crippen molar-refractivity contribution in [2.24, 2.45) is 5.92 Å². The van der Waals surface area contributed by atoms with Crippen molar-refractivity contribution in [3.05, 3.63) is 35.4 Å². The zero-order valence-electron chi connectivity index (χ0n) is 10.7. The van der Waals surface area contributed by atoms with Crippen LogP contribution in [0.4, 0.5) is 0 Å². The van der Waals surface area contributed by atoms with Gasteiger partial charge >= 0.3 is 0 Å². The van der Waals surface area contributed by atoms with Crippen LogP contribution in [0, 0.1) is 12.8 Å². The highest BCUT2D eigenvalue weighted by Gasteiger charge is 2.18. The molecule has 1 heteroatoms. The summed E-state index contributed by atoms with van der Waals surface area (Å²) in [7, 11) is 0. The molecule has 2 unspecified atom stereocenters. The minimum Gasteiger partial charge on any atom is -0.118 e. The molecule has 0 aliphatic carbocycles. The third kappa shape index (κ3) is 3.83. The summed E-state index contributed by atoms with van der Waals surface area (Å²) in [5, 5.41) is 0.178. The average molecular weight is 239 g/mol.